The van der Waals surface area contributed by atoms with E-state index in [2.05, 4.69) is 0 Å². The van der Waals surface area contributed by atoms with Crippen LogP contribution in [0, 0.1) is 0 Å². The summed E-state index contributed by atoms with van der Waals surface area (Å²) in [5.74, 6) is -0.176. The van der Waals surface area contributed by atoms with Crippen molar-refractivity contribution >= 4 is 5.97 Å². The van der Waals surface area contributed by atoms with Gasteiger partial charge in [-0.3, -0.25) is 4.79 Å². The normalized spacial score (nSPS) is 15.4. The molecule has 0 amide bonds. The highest BCUT2D eigenvalue weighted by molar-refractivity contribution is 5.69. The summed E-state index contributed by atoms with van der Waals surface area (Å²) < 4.78 is 10.9. The Bertz CT molecular complexity index is 441. The van der Waals surface area contributed by atoms with E-state index in [-0.39, 0.29) is 18.1 Å². The smallest absolute Gasteiger partial charge is 0.303 e. The van der Waals surface area contributed by atoms with Crippen molar-refractivity contribution in [3.05, 3.63) is 17.7 Å². The van der Waals surface area contributed by atoms with Gasteiger partial charge in [-0.2, -0.15) is 0 Å². The molecule has 1 aliphatic heterocycles. The predicted octanol–water partition coefficient (Wildman–Crippen LogP) is 1.74. The van der Waals surface area contributed by atoms with Gasteiger partial charge in [-0.15, -0.1) is 0 Å². The Labute approximate surface area is 98.6 Å². The molecule has 2 rings (SSSR count). The van der Waals surface area contributed by atoms with Crippen molar-refractivity contribution in [2.45, 2.75) is 19.3 Å². The number of aromatic hydroxyl groups is 1. The third kappa shape index (κ3) is 2.27. The monoisotopic (exact) mass is 238 g/mol. The Kier molecular flexibility index (Phi) is 3.08. The lowest BCUT2D eigenvalue weighted by Crippen LogP contribution is -2.17. The molecule has 0 radical (unpaired) electrons. The second-order valence-electron chi connectivity index (χ2n) is 4.02. The average molecular weight is 238 g/mol. The van der Waals surface area contributed by atoms with E-state index in [4.69, 9.17) is 14.6 Å². The molecule has 0 bridgehead atoms. The lowest BCUT2D eigenvalue weighted by atomic mass is 9.95. The number of hydrogen-bond acceptors (Lipinski definition) is 4. The molecule has 1 aromatic carbocycles. The molecule has 5 nitrogen and oxygen atoms in total. The molecule has 1 aromatic rings. The third-order valence-corrected chi connectivity index (χ3v) is 2.70. The summed E-state index contributed by atoms with van der Waals surface area (Å²) in [4.78, 5) is 10.7. The minimum atomic E-state index is -0.911. The molecule has 0 fully saturated rings. The van der Waals surface area contributed by atoms with Gasteiger partial charge in [-0.1, -0.05) is 6.92 Å². The highest BCUT2D eigenvalue weighted by Crippen LogP contribution is 2.43. The Morgan fingerprint density at radius 1 is 1.41 bits per heavy atom. The maximum Gasteiger partial charge on any atom is 0.303 e. The second-order valence-corrected chi connectivity index (χ2v) is 4.02. The number of phenols is 1. The van der Waals surface area contributed by atoms with Crippen molar-refractivity contribution < 1.29 is 24.5 Å². The molecule has 17 heavy (non-hydrogen) atoms. The van der Waals surface area contributed by atoms with Crippen LogP contribution in [0.2, 0.25) is 0 Å². The van der Waals surface area contributed by atoms with Crippen molar-refractivity contribution in [3.63, 3.8) is 0 Å². The fourth-order valence-corrected chi connectivity index (χ4v) is 1.97. The highest BCUT2D eigenvalue weighted by atomic mass is 16.6. The van der Waals surface area contributed by atoms with Crippen molar-refractivity contribution in [3.8, 4) is 17.2 Å². The second kappa shape index (κ2) is 4.53. The van der Waals surface area contributed by atoms with E-state index in [9.17, 15) is 9.90 Å². The molecule has 1 atom stereocenters. The van der Waals surface area contributed by atoms with E-state index in [0.29, 0.717) is 30.3 Å². The van der Waals surface area contributed by atoms with Crippen molar-refractivity contribution in [1.82, 2.24) is 0 Å². The number of fused-ring (bicyclic) bond motifs is 1. The quantitative estimate of drug-likeness (QED) is 0.838. The number of benzene rings is 1. The van der Waals surface area contributed by atoms with Gasteiger partial charge in [-0.05, 0) is 18.1 Å². The largest absolute Gasteiger partial charge is 0.508 e. The van der Waals surface area contributed by atoms with Crippen molar-refractivity contribution in [1.29, 1.82) is 0 Å². The SMILES string of the molecule is CC(CC(=O)O)c1c(O)ccc2c1OCCO2. The van der Waals surface area contributed by atoms with Gasteiger partial charge in [0.05, 0.1) is 6.42 Å². The fourth-order valence-electron chi connectivity index (χ4n) is 1.97. The molecular weight excluding hydrogens is 224 g/mol. The number of carboxylic acid groups (broad SMARTS) is 1. The highest BCUT2D eigenvalue weighted by Gasteiger charge is 2.24. The maximum absolute atomic E-state index is 10.7. The van der Waals surface area contributed by atoms with E-state index in [1.54, 1.807) is 13.0 Å². The lowest BCUT2D eigenvalue weighted by Gasteiger charge is -2.23. The number of rotatable bonds is 3. The van der Waals surface area contributed by atoms with Crippen LogP contribution in [0.5, 0.6) is 17.2 Å². The first-order chi connectivity index (χ1) is 8.09. The van der Waals surface area contributed by atoms with E-state index in [0.717, 1.165) is 0 Å². The van der Waals surface area contributed by atoms with Crippen LogP contribution in [-0.4, -0.2) is 29.4 Å². The molecule has 0 aliphatic carbocycles. The predicted molar refractivity (Wildman–Crippen MR) is 59.8 cm³/mol. The Balaban J connectivity index is 2.40. The number of aliphatic carboxylic acids is 1. The molecule has 1 heterocycles. The van der Waals surface area contributed by atoms with Gasteiger partial charge < -0.3 is 19.7 Å². The average Bonchev–Trinajstić information content (AvgIpc) is 2.27. The molecule has 0 aromatic heterocycles. The first-order valence-corrected chi connectivity index (χ1v) is 5.43. The summed E-state index contributed by atoms with van der Waals surface area (Å²) in [6, 6.07) is 3.13. The molecule has 92 valence electrons. The molecule has 1 unspecified atom stereocenters. The Morgan fingerprint density at radius 3 is 2.82 bits per heavy atom. The van der Waals surface area contributed by atoms with E-state index in [1.807, 2.05) is 0 Å². The van der Waals surface area contributed by atoms with Gasteiger partial charge in [-0.25, -0.2) is 0 Å². The minimum absolute atomic E-state index is 0.0444. The first-order valence-electron chi connectivity index (χ1n) is 5.43. The third-order valence-electron chi connectivity index (χ3n) is 2.70. The lowest BCUT2D eigenvalue weighted by molar-refractivity contribution is -0.137. The molecular formula is C12H14O5. The number of phenolic OH excluding ortho intramolecular Hbond substituents is 1. The van der Waals surface area contributed by atoms with Gasteiger partial charge >= 0.3 is 5.97 Å². The Morgan fingerprint density at radius 2 is 2.12 bits per heavy atom. The summed E-state index contributed by atoms with van der Waals surface area (Å²) in [5, 5.41) is 18.6. The number of carbonyl (C=O) groups is 1. The first kappa shape index (κ1) is 11.6. The van der Waals surface area contributed by atoms with Crippen molar-refractivity contribution in [2.24, 2.45) is 0 Å². The van der Waals surface area contributed by atoms with Crippen molar-refractivity contribution in [2.75, 3.05) is 13.2 Å². The zero-order valence-corrected chi connectivity index (χ0v) is 9.47. The topological polar surface area (TPSA) is 76.0 Å². The van der Waals surface area contributed by atoms with Crippen LogP contribution in [0.1, 0.15) is 24.8 Å². The minimum Gasteiger partial charge on any atom is -0.508 e. The summed E-state index contributed by atoms with van der Waals surface area (Å²) in [6.45, 7) is 2.61. The van der Waals surface area contributed by atoms with Crippen LogP contribution in [0.3, 0.4) is 0 Å². The van der Waals surface area contributed by atoms with Crippen LogP contribution in [0.4, 0.5) is 0 Å². The fraction of sp³-hybridized carbons (Fsp3) is 0.417. The Hall–Kier alpha value is -1.91. The van der Waals surface area contributed by atoms with Gasteiger partial charge in [0.2, 0.25) is 0 Å². The molecule has 5 heteroatoms. The van der Waals surface area contributed by atoms with Crippen LogP contribution in [-0.2, 0) is 4.79 Å². The van der Waals surface area contributed by atoms with Crippen LogP contribution in [0.25, 0.3) is 0 Å². The van der Waals surface area contributed by atoms with Crippen LogP contribution >= 0.6 is 0 Å². The van der Waals surface area contributed by atoms with Gasteiger partial charge in [0, 0.05) is 5.56 Å². The molecule has 2 N–H and O–H groups in total. The zero-order chi connectivity index (χ0) is 12.4. The van der Waals surface area contributed by atoms with E-state index in [1.165, 1.54) is 6.07 Å². The molecule has 0 saturated carbocycles. The van der Waals surface area contributed by atoms with E-state index < -0.39 is 5.97 Å². The van der Waals surface area contributed by atoms with Gasteiger partial charge in [0.15, 0.2) is 11.5 Å². The summed E-state index contributed by atoms with van der Waals surface area (Å²) in [7, 11) is 0. The van der Waals surface area contributed by atoms with E-state index >= 15 is 0 Å². The van der Waals surface area contributed by atoms with Crippen LogP contribution in [0.15, 0.2) is 12.1 Å². The summed E-state index contributed by atoms with van der Waals surface area (Å²) in [6.07, 6.45) is -0.0621. The maximum atomic E-state index is 10.7. The molecule has 0 saturated heterocycles. The van der Waals surface area contributed by atoms with Crippen LogP contribution < -0.4 is 9.47 Å². The number of carboxylic acids is 1. The summed E-state index contributed by atoms with van der Waals surface area (Å²) in [5.41, 5.74) is 0.504. The number of ether oxygens (including phenoxy) is 2. The molecule has 1 aliphatic rings. The summed E-state index contributed by atoms with van der Waals surface area (Å²) >= 11 is 0. The zero-order valence-electron chi connectivity index (χ0n) is 9.47. The number of hydrogen-bond donors (Lipinski definition) is 2. The molecule has 0 spiro atoms. The van der Waals surface area contributed by atoms with Gasteiger partial charge in [0.1, 0.15) is 19.0 Å². The van der Waals surface area contributed by atoms with Gasteiger partial charge in [0.25, 0.3) is 0 Å². The standard InChI is InChI=1S/C12H14O5/c1-7(6-10(14)15)11-8(13)2-3-9-12(11)17-5-4-16-9/h2-3,7,13H,4-6H2,1H3,(H,14,15).